The van der Waals surface area contributed by atoms with E-state index < -0.39 is 0 Å². The molecule has 2 aromatic carbocycles. The van der Waals surface area contributed by atoms with Crippen molar-refractivity contribution in [1.82, 2.24) is 0 Å². The third kappa shape index (κ3) is 3.43. The number of hydrogen-bond donors (Lipinski definition) is 0. The minimum Gasteiger partial charge on any atom is -0.485 e. The average molecular weight is 291 g/mol. The highest BCUT2D eigenvalue weighted by Gasteiger charge is 2.05. The lowest BCUT2D eigenvalue weighted by atomic mass is 10.1. The molecule has 0 amide bonds. The molecule has 0 heterocycles. The third-order valence-corrected chi connectivity index (χ3v) is 2.76. The Bertz CT molecular complexity index is 509. The maximum Gasteiger partial charge on any atom is 0.200 e. The van der Waals surface area contributed by atoms with Gasteiger partial charge in [-0.3, -0.25) is 4.79 Å². The summed E-state index contributed by atoms with van der Waals surface area (Å²) < 4.78 is 6.36. The number of ketones is 1. The monoisotopic (exact) mass is 290 g/mol. The van der Waals surface area contributed by atoms with Crippen LogP contribution in [0.4, 0.5) is 0 Å². The Hall–Kier alpha value is -1.61. The predicted octanol–water partition coefficient (Wildman–Crippen LogP) is 3.71. The zero-order valence-electron chi connectivity index (χ0n) is 9.10. The fourth-order valence-corrected chi connectivity index (χ4v) is 1.79. The number of carbonyl (C=O) groups excluding carboxylic acids is 1. The molecule has 0 spiro atoms. The van der Waals surface area contributed by atoms with Gasteiger partial charge in [0.1, 0.15) is 5.75 Å². The molecule has 0 N–H and O–H groups in total. The van der Waals surface area contributed by atoms with Crippen LogP contribution in [0, 0.1) is 0 Å². The predicted molar refractivity (Wildman–Crippen MR) is 70.4 cm³/mol. The normalized spacial score (nSPS) is 9.94. The van der Waals surface area contributed by atoms with E-state index in [0.29, 0.717) is 11.3 Å². The molecule has 0 fully saturated rings. The Morgan fingerprint density at radius 3 is 2.53 bits per heavy atom. The van der Waals surface area contributed by atoms with Gasteiger partial charge in [0.2, 0.25) is 0 Å². The standard InChI is InChI=1S/C14H11BrO2/c15-12-7-4-8-13(9-12)17-10-14(16)11-5-2-1-3-6-11/h1-9H,10H2. The van der Waals surface area contributed by atoms with E-state index in [1.807, 2.05) is 42.5 Å². The van der Waals surface area contributed by atoms with Gasteiger partial charge in [0.15, 0.2) is 12.4 Å². The van der Waals surface area contributed by atoms with Gasteiger partial charge in [0.05, 0.1) is 0 Å². The molecule has 0 aromatic heterocycles. The SMILES string of the molecule is O=C(COc1cccc(Br)c1)c1ccccc1. The van der Waals surface area contributed by atoms with Crippen molar-refractivity contribution in [1.29, 1.82) is 0 Å². The molecule has 0 aliphatic rings. The second-order valence-corrected chi connectivity index (χ2v) is 4.45. The summed E-state index contributed by atoms with van der Waals surface area (Å²) in [6.07, 6.45) is 0. The quantitative estimate of drug-likeness (QED) is 0.803. The van der Waals surface area contributed by atoms with Gasteiger partial charge in [-0.25, -0.2) is 0 Å². The van der Waals surface area contributed by atoms with Crippen LogP contribution in [-0.2, 0) is 0 Å². The number of benzene rings is 2. The largest absolute Gasteiger partial charge is 0.485 e. The Morgan fingerprint density at radius 1 is 1.06 bits per heavy atom. The second-order valence-electron chi connectivity index (χ2n) is 3.54. The minimum absolute atomic E-state index is 0.0226. The molecule has 3 heteroatoms. The van der Waals surface area contributed by atoms with E-state index in [0.717, 1.165) is 4.47 Å². The van der Waals surface area contributed by atoms with Crippen LogP contribution in [0.5, 0.6) is 5.75 Å². The van der Waals surface area contributed by atoms with Gasteiger partial charge >= 0.3 is 0 Å². The van der Waals surface area contributed by atoms with Crippen LogP contribution >= 0.6 is 15.9 Å². The molecular weight excluding hydrogens is 280 g/mol. The van der Waals surface area contributed by atoms with E-state index in [2.05, 4.69) is 15.9 Å². The van der Waals surface area contributed by atoms with E-state index in [-0.39, 0.29) is 12.4 Å². The van der Waals surface area contributed by atoms with Crippen LogP contribution in [0.25, 0.3) is 0 Å². The highest BCUT2D eigenvalue weighted by molar-refractivity contribution is 9.10. The molecule has 2 nitrogen and oxygen atoms in total. The summed E-state index contributed by atoms with van der Waals surface area (Å²) in [7, 11) is 0. The van der Waals surface area contributed by atoms with Crippen molar-refractivity contribution in [3.8, 4) is 5.75 Å². The van der Waals surface area contributed by atoms with Crippen molar-refractivity contribution >= 4 is 21.7 Å². The van der Waals surface area contributed by atoms with Crippen LogP contribution in [0.3, 0.4) is 0 Å². The third-order valence-electron chi connectivity index (χ3n) is 2.26. The zero-order chi connectivity index (χ0) is 12.1. The number of hydrogen-bond acceptors (Lipinski definition) is 2. The fraction of sp³-hybridized carbons (Fsp3) is 0.0714. The zero-order valence-corrected chi connectivity index (χ0v) is 10.7. The topological polar surface area (TPSA) is 26.3 Å². The first kappa shape index (κ1) is 11.9. The molecule has 0 aliphatic carbocycles. The van der Waals surface area contributed by atoms with Crippen LogP contribution in [-0.4, -0.2) is 12.4 Å². The highest BCUT2D eigenvalue weighted by Crippen LogP contribution is 2.17. The van der Waals surface area contributed by atoms with Crippen LogP contribution in [0.15, 0.2) is 59.1 Å². The molecule has 0 aliphatic heterocycles. The van der Waals surface area contributed by atoms with Crippen molar-refractivity contribution in [3.05, 3.63) is 64.6 Å². The molecule has 0 radical (unpaired) electrons. The molecule has 2 rings (SSSR count). The lowest BCUT2D eigenvalue weighted by Crippen LogP contribution is -2.11. The average Bonchev–Trinajstić information content (AvgIpc) is 2.37. The number of rotatable bonds is 4. The first-order valence-corrected chi connectivity index (χ1v) is 6.01. The lowest BCUT2D eigenvalue weighted by molar-refractivity contribution is 0.0921. The maximum absolute atomic E-state index is 11.8. The molecule has 86 valence electrons. The van der Waals surface area contributed by atoms with E-state index in [1.54, 1.807) is 12.1 Å². The summed E-state index contributed by atoms with van der Waals surface area (Å²) >= 11 is 3.35. The van der Waals surface area contributed by atoms with Gasteiger partial charge in [-0.2, -0.15) is 0 Å². The summed E-state index contributed by atoms with van der Waals surface area (Å²) in [6, 6.07) is 16.6. The van der Waals surface area contributed by atoms with Crippen molar-refractivity contribution in [2.45, 2.75) is 0 Å². The highest BCUT2D eigenvalue weighted by atomic mass is 79.9. The van der Waals surface area contributed by atoms with Crippen LogP contribution in [0.2, 0.25) is 0 Å². The number of ether oxygens (including phenoxy) is 1. The van der Waals surface area contributed by atoms with Crippen LogP contribution in [0.1, 0.15) is 10.4 Å². The molecular formula is C14H11BrO2. The van der Waals surface area contributed by atoms with Gasteiger partial charge in [-0.05, 0) is 18.2 Å². The Kier molecular flexibility index (Phi) is 3.94. The van der Waals surface area contributed by atoms with E-state index in [9.17, 15) is 4.79 Å². The maximum atomic E-state index is 11.8. The number of Topliss-reactive ketones (excluding diaryl/α,β-unsaturated/α-hetero) is 1. The van der Waals surface area contributed by atoms with Crippen molar-refractivity contribution in [2.24, 2.45) is 0 Å². The first-order valence-electron chi connectivity index (χ1n) is 5.22. The van der Waals surface area contributed by atoms with E-state index in [1.165, 1.54) is 0 Å². The minimum atomic E-state index is -0.0226. The van der Waals surface area contributed by atoms with Crippen molar-refractivity contribution in [2.75, 3.05) is 6.61 Å². The molecule has 0 saturated heterocycles. The number of carbonyl (C=O) groups is 1. The molecule has 0 bridgehead atoms. The van der Waals surface area contributed by atoms with Crippen LogP contribution < -0.4 is 4.74 Å². The summed E-state index contributed by atoms with van der Waals surface area (Å²) in [6.45, 7) is 0.0560. The summed E-state index contributed by atoms with van der Waals surface area (Å²) in [5.41, 5.74) is 0.669. The van der Waals surface area contributed by atoms with Crippen molar-refractivity contribution < 1.29 is 9.53 Å². The molecule has 0 saturated carbocycles. The second kappa shape index (κ2) is 5.64. The van der Waals surface area contributed by atoms with Crippen molar-refractivity contribution in [3.63, 3.8) is 0 Å². The van der Waals surface area contributed by atoms with Gasteiger partial charge in [-0.1, -0.05) is 52.3 Å². The lowest BCUT2D eigenvalue weighted by Gasteiger charge is -2.05. The summed E-state index contributed by atoms with van der Waals surface area (Å²) in [5.74, 6) is 0.661. The molecule has 0 atom stereocenters. The summed E-state index contributed by atoms with van der Waals surface area (Å²) in [4.78, 5) is 11.8. The fourth-order valence-electron chi connectivity index (χ4n) is 1.41. The van der Waals surface area contributed by atoms with Gasteiger partial charge in [-0.15, -0.1) is 0 Å². The van der Waals surface area contributed by atoms with Gasteiger partial charge in [0, 0.05) is 10.0 Å². The van der Waals surface area contributed by atoms with E-state index in [4.69, 9.17) is 4.74 Å². The van der Waals surface area contributed by atoms with Gasteiger partial charge in [0.25, 0.3) is 0 Å². The summed E-state index contributed by atoms with van der Waals surface area (Å²) in [5, 5.41) is 0. The van der Waals surface area contributed by atoms with Gasteiger partial charge < -0.3 is 4.74 Å². The Labute approximate surface area is 108 Å². The molecule has 2 aromatic rings. The Balaban J connectivity index is 1.97. The number of halogens is 1. The molecule has 17 heavy (non-hydrogen) atoms. The molecule has 0 unspecified atom stereocenters. The smallest absolute Gasteiger partial charge is 0.200 e. The van der Waals surface area contributed by atoms with E-state index >= 15 is 0 Å². The Morgan fingerprint density at radius 2 is 1.82 bits per heavy atom. The first-order chi connectivity index (χ1) is 8.25.